The molecule has 3 unspecified atom stereocenters. The Balaban J connectivity index is 1.84. The molecule has 1 heterocycles. The van der Waals surface area contributed by atoms with Crippen LogP contribution in [0.5, 0.6) is 0 Å². The van der Waals surface area contributed by atoms with E-state index >= 15 is 0 Å². The largest absolute Gasteiger partial charge is 0.305 e. The molecule has 0 radical (unpaired) electrons. The molecular formula is C14H19NO2S2. The minimum atomic E-state index is -3.09. The maximum absolute atomic E-state index is 12.1. The lowest BCUT2D eigenvalue weighted by Crippen LogP contribution is -2.37. The molecule has 1 fully saturated rings. The highest BCUT2D eigenvalue weighted by molar-refractivity contribution is 7.99. The number of hydrogen-bond acceptors (Lipinski definition) is 4. The van der Waals surface area contributed by atoms with Crippen molar-refractivity contribution >= 4 is 21.6 Å². The summed E-state index contributed by atoms with van der Waals surface area (Å²) in [6, 6.07) is 7.82. The fourth-order valence-corrected chi connectivity index (χ4v) is 5.94. The third-order valence-electron chi connectivity index (χ3n) is 4.19. The number of rotatable bonds is 3. The number of sulfone groups is 1. The molecule has 1 N–H and O–H groups in total. The van der Waals surface area contributed by atoms with Gasteiger partial charge >= 0.3 is 0 Å². The third-order valence-corrected chi connectivity index (χ3v) is 7.17. The second-order valence-corrected chi connectivity index (χ2v) is 8.43. The molecule has 1 aliphatic heterocycles. The van der Waals surface area contributed by atoms with E-state index in [2.05, 4.69) is 11.6 Å². The molecule has 1 aromatic carbocycles. The Kier molecular flexibility index (Phi) is 3.62. The van der Waals surface area contributed by atoms with Crippen LogP contribution in [-0.4, -0.2) is 31.7 Å². The molecule has 0 amide bonds. The van der Waals surface area contributed by atoms with Gasteiger partial charge in [-0.25, -0.2) is 8.42 Å². The van der Waals surface area contributed by atoms with Crippen molar-refractivity contribution in [3.63, 3.8) is 0 Å². The van der Waals surface area contributed by atoms with Crippen LogP contribution in [0, 0.1) is 0 Å². The maximum atomic E-state index is 12.1. The van der Waals surface area contributed by atoms with E-state index in [1.165, 1.54) is 12.8 Å². The summed E-state index contributed by atoms with van der Waals surface area (Å²) >= 11 is 1.89. The normalized spacial score (nSPS) is 32.4. The molecule has 3 atom stereocenters. The van der Waals surface area contributed by atoms with Gasteiger partial charge in [0, 0.05) is 17.3 Å². The highest BCUT2D eigenvalue weighted by Gasteiger charge is 2.37. The summed E-state index contributed by atoms with van der Waals surface area (Å²) in [5.41, 5.74) is 0.953. The van der Waals surface area contributed by atoms with Crippen LogP contribution < -0.4 is 5.32 Å². The summed E-state index contributed by atoms with van der Waals surface area (Å²) in [7, 11) is -3.09. The quantitative estimate of drug-likeness (QED) is 0.930. The van der Waals surface area contributed by atoms with Crippen LogP contribution in [-0.2, 0) is 9.84 Å². The number of benzene rings is 1. The van der Waals surface area contributed by atoms with E-state index < -0.39 is 9.84 Å². The Hall–Kier alpha value is -0.520. The summed E-state index contributed by atoms with van der Waals surface area (Å²) in [5, 5.41) is 4.21. The van der Waals surface area contributed by atoms with Gasteiger partial charge in [0.1, 0.15) is 0 Å². The first-order valence-electron chi connectivity index (χ1n) is 6.72. The summed E-state index contributed by atoms with van der Waals surface area (Å²) in [4.78, 5) is 0.520. The van der Waals surface area contributed by atoms with Crippen LogP contribution in [0.4, 0.5) is 0 Å². The molecule has 0 bridgehead atoms. The van der Waals surface area contributed by atoms with Crippen LogP contribution in [0.2, 0.25) is 0 Å². The van der Waals surface area contributed by atoms with Crippen molar-refractivity contribution in [3.8, 4) is 0 Å². The topological polar surface area (TPSA) is 46.2 Å². The Morgan fingerprint density at radius 2 is 2.05 bits per heavy atom. The number of fused-ring (bicyclic) bond motifs is 1. The standard InChI is InChI=1S/C14H19NO2S2/c1-18-13-7-4-6-11(13)15-12-9-19(16,17)14-8-3-2-5-10(12)14/h2-3,5,8,11-13,15H,4,6-7,9H2,1H3. The molecule has 5 heteroatoms. The van der Waals surface area contributed by atoms with Gasteiger partial charge < -0.3 is 5.32 Å². The molecule has 3 rings (SSSR count). The van der Waals surface area contributed by atoms with Gasteiger partial charge in [-0.2, -0.15) is 11.8 Å². The number of hydrogen-bond donors (Lipinski definition) is 1. The summed E-state index contributed by atoms with van der Waals surface area (Å²) < 4.78 is 24.3. The average molecular weight is 297 g/mol. The predicted molar refractivity (Wildman–Crippen MR) is 79.3 cm³/mol. The first-order chi connectivity index (χ1) is 9.12. The van der Waals surface area contributed by atoms with Gasteiger partial charge in [-0.05, 0) is 30.7 Å². The summed E-state index contributed by atoms with van der Waals surface area (Å²) in [5.74, 6) is 0.212. The fourth-order valence-electron chi connectivity index (χ4n) is 3.25. The van der Waals surface area contributed by atoms with E-state index in [4.69, 9.17) is 0 Å². The molecule has 19 heavy (non-hydrogen) atoms. The lowest BCUT2D eigenvalue weighted by atomic mass is 10.1. The van der Waals surface area contributed by atoms with Crippen LogP contribution in [0.15, 0.2) is 29.2 Å². The Bertz CT molecular complexity index is 571. The van der Waals surface area contributed by atoms with E-state index in [9.17, 15) is 8.42 Å². The smallest absolute Gasteiger partial charge is 0.180 e. The Morgan fingerprint density at radius 1 is 1.26 bits per heavy atom. The van der Waals surface area contributed by atoms with Crippen molar-refractivity contribution < 1.29 is 8.42 Å². The zero-order valence-electron chi connectivity index (χ0n) is 11.0. The predicted octanol–water partition coefficient (Wildman–Crippen LogP) is 2.39. The van der Waals surface area contributed by atoms with Crippen molar-refractivity contribution in [1.29, 1.82) is 0 Å². The van der Waals surface area contributed by atoms with Gasteiger partial charge in [0.25, 0.3) is 0 Å². The average Bonchev–Trinajstić information content (AvgIpc) is 2.94. The van der Waals surface area contributed by atoms with E-state index in [-0.39, 0.29) is 11.8 Å². The molecule has 0 aromatic heterocycles. The van der Waals surface area contributed by atoms with Gasteiger partial charge in [-0.3, -0.25) is 0 Å². The number of thioether (sulfide) groups is 1. The molecular weight excluding hydrogens is 278 g/mol. The van der Waals surface area contributed by atoms with E-state index in [1.807, 2.05) is 23.9 Å². The lowest BCUT2D eigenvalue weighted by Gasteiger charge is -2.23. The van der Waals surface area contributed by atoms with Crippen LogP contribution in [0.25, 0.3) is 0 Å². The van der Waals surface area contributed by atoms with Crippen LogP contribution in [0.3, 0.4) is 0 Å². The summed E-state index contributed by atoms with van der Waals surface area (Å²) in [6.07, 6.45) is 5.78. The van der Waals surface area contributed by atoms with Gasteiger partial charge in [-0.1, -0.05) is 24.6 Å². The van der Waals surface area contributed by atoms with Crippen molar-refractivity contribution in [3.05, 3.63) is 29.8 Å². The molecule has 3 nitrogen and oxygen atoms in total. The maximum Gasteiger partial charge on any atom is 0.180 e. The van der Waals surface area contributed by atoms with Crippen molar-refractivity contribution in [1.82, 2.24) is 5.32 Å². The Morgan fingerprint density at radius 3 is 2.84 bits per heavy atom. The van der Waals surface area contributed by atoms with Gasteiger partial charge in [0.2, 0.25) is 0 Å². The second-order valence-electron chi connectivity index (χ2n) is 5.35. The van der Waals surface area contributed by atoms with Crippen LogP contribution >= 0.6 is 11.8 Å². The third kappa shape index (κ3) is 2.43. The van der Waals surface area contributed by atoms with Crippen molar-refractivity contribution in [2.75, 3.05) is 12.0 Å². The van der Waals surface area contributed by atoms with E-state index in [1.54, 1.807) is 12.1 Å². The van der Waals surface area contributed by atoms with E-state index in [0.29, 0.717) is 16.2 Å². The van der Waals surface area contributed by atoms with Crippen LogP contribution in [0.1, 0.15) is 30.9 Å². The molecule has 1 saturated carbocycles. The lowest BCUT2D eigenvalue weighted by molar-refractivity contribution is 0.470. The molecule has 104 valence electrons. The zero-order chi connectivity index (χ0) is 13.5. The summed E-state index contributed by atoms with van der Waals surface area (Å²) in [6.45, 7) is 0. The minimum absolute atomic E-state index is 0.0288. The van der Waals surface area contributed by atoms with Gasteiger partial charge in [0.15, 0.2) is 9.84 Å². The molecule has 2 aliphatic rings. The second kappa shape index (κ2) is 5.11. The highest BCUT2D eigenvalue weighted by Crippen LogP contribution is 2.36. The fraction of sp³-hybridized carbons (Fsp3) is 0.571. The van der Waals surface area contributed by atoms with Crippen molar-refractivity contribution in [2.45, 2.75) is 41.5 Å². The molecule has 1 aromatic rings. The molecule has 0 saturated heterocycles. The highest BCUT2D eigenvalue weighted by atomic mass is 32.2. The minimum Gasteiger partial charge on any atom is -0.305 e. The first-order valence-corrected chi connectivity index (χ1v) is 9.66. The monoisotopic (exact) mass is 297 g/mol. The SMILES string of the molecule is CSC1CCCC1NC1CS(=O)(=O)c2ccccc21. The van der Waals surface area contributed by atoms with Gasteiger partial charge in [0.05, 0.1) is 10.6 Å². The van der Waals surface area contributed by atoms with E-state index in [0.717, 1.165) is 12.0 Å². The van der Waals surface area contributed by atoms with Gasteiger partial charge in [-0.15, -0.1) is 0 Å². The zero-order valence-corrected chi connectivity index (χ0v) is 12.6. The first kappa shape index (κ1) is 13.5. The van der Waals surface area contributed by atoms with Crippen molar-refractivity contribution in [2.24, 2.45) is 0 Å². The molecule has 1 aliphatic carbocycles. The molecule has 0 spiro atoms. The Labute approximate surface area is 119 Å². The number of nitrogens with one attached hydrogen (secondary N) is 1.